The van der Waals surface area contributed by atoms with Crippen molar-refractivity contribution in [2.75, 3.05) is 0 Å². The summed E-state index contributed by atoms with van der Waals surface area (Å²) >= 11 is 3.13. The van der Waals surface area contributed by atoms with Gasteiger partial charge in [-0.3, -0.25) is 0 Å². The lowest BCUT2D eigenvalue weighted by Crippen LogP contribution is -2.33. The van der Waals surface area contributed by atoms with Crippen LogP contribution in [0.2, 0.25) is 0 Å². The van der Waals surface area contributed by atoms with Gasteiger partial charge in [0.1, 0.15) is 0 Å². The monoisotopic (exact) mass is 407 g/mol. The molecule has 25 heavy (non-hydrogen) atoms. The van der Waals surface area contributed by atoms with Crippen LogP contribution in [0.25, 0.3) is 10.8 Å². The predicted octanol–water partition coefficient (Wildman–Crippen LogP) is 7.50. The van der Waals surface area contributed by atoms with E-state index >= 15 is 0 Å². The average Bonchev–Trinajstić information content (AvgIpc) is 2.84. The zero-order valence-corrected chi connectivity index (χ0v) is 14.8. The van der Waals surface area contributed by atoms with E-state index in [1.165, 1.54) is 18.2 Å². The summed E-state index contributed by atoms with van der Waals surface area (Å²) in [7, 11) is 0. The molecule has 0 nitrogen and oxygen atoms in total. The van der Waals surface area contributed by atoms with Gasteiger partial charge in [-0.25, -0.2) is 0 Å². The fraction of sp³-hybridized carbons (Fsp3) is 0.417. The average molecular weight is 408 g/mol. The van der Waals surface area contributed by atoms with E-state index in [4.69, 9.17) is 16.4 Å². The van der Waals surface area contributed by atoms with Gasteiger partial charge in [-0.15, -0.1) is 0 Å². The van der Waals surface area contributed by atoms with Crippen molar-refractivity contribution in [3.8, 4) is 0 Å². The summed E-state index contributed by atoms with van der Waals surface area (Å²) in [6, 6.07) is 10.7. The van der Waals surface area contributed by atoms with Gasteiger partial charge in [-0.05, 0) is 77.9 Å². The molecule has 0 aromatic heterocycles. The molecule has 3 aliphatic carbocycles. The Labute approximate surface area is 180 Å². The third-order valence-corrected chi connectivity index (χ3v) is 5.42. The minimum absolute atomic E-state index is 0.183. The van der Waals surface area contributed by atoms with Crippen LogP contribution in [-0.2, 0) is 0 Å². The molecule has 0 bridgehead atoms. The first-order chi connectivity index (χ1) is 18.0. The van der Waals surface area contributed by atoms with E-state index < -0.39 is 78.0 Å². The maximum absolute atomic E-state index is 10.1. The molecule has 128 valence electrons. The highest BCUT2D eigenvalue weighted by atomic mass is 79.9. The Morgan fingerprint density at radius 2 is 1.80 bits per heavy atom. The lowest BCUT2D eigenvalue weighted by atomic mass is 9.60. The molecule has 1 saturated carbocycles. The fourth-order valence-electron chi connectivity index (χ4n) is 3.50. The highest BCUT2D eigenvalue weighted by Gasteiger charge is 2.42. The third kappa shape index (κ3) is 2.54. The maximum Gasteiger partial charge on any atom is 0.0365 e. The largest absolute Gasteiger partial charge is 0.0799 e. The van der Waals surface area contributed by atoms with Crippen molar-refractivity contribution in [1.29, 1.82) is 0 Å². The number of rotatable bonds is 1. The number of hydrogen-bond donors (Lipinski definition) is 0. The van der Waals surface area contributed by atoms with E-state index in [0.717, 1.165) is 6.08 Å². The molecule has 0 N–H and O–H groups in total. The summed E-state index contributed by atoms with van der Waals surface area (Å²) in [4.78, 5) is 0. The number of benzene rings is 2. The summed E-state index contributed by atoms with van der Waals surface area (Å²) in [5.41, 5.74) is -1.70. The Morgan fingerprint density at radius 3 is 2.76 bits per heavy atom. The number of hydrogen-bond acceptors (Lipinski definition) is 0. The molecule has 0 saturated heterocycles. The van der Waals surface area contributed by atoms with Crippen LogP contribution >= 0.6 is 15.9 Å². The second-order valence-electron chi connectivity index (χ2n) is 5.96. The molecule has 2 aromatic rings. The standard InChI is InChI=1S/C24H25Br/c25-24-21-13-5-3-11-19(21)23(20-12-4-6-14-22(20)24)18-15-7-9-16-8-1-2-10-17(16)18/h1-2,7-10,13,15,19-20,23H,3-6,11-12,14H2/i3D2,4D2,6D2,11D2,12D2,14D2,19D,20D,23D. The summed E-state index contributed by atoms with van der Waals surface area (Å²) < 4.78 is 134. The fourth-order valence-corrected chi connectivity index (χ4v) is 4.15. The Bertz CT molecular complexity index is 1500. The molecule has 2 aromatic carbocycles. The Balaban J connectivity index is 2.12. The molecule has 1 heteroatoms. The zero-order chi connectivity index (χ0) is 30.3. The number of halogens is 1. The van der Waals surface area contributed by atoms with Gasteiger partial charge in [0.05, 0.1) is 0 Å². The van der Waals surface area contributed by atoms with Gasteiger partial charge >= 0.3 is 0 Å². The van der Waals surface area contributed by atoms with E-state index in [2.05, 4.69) is 15.9 Å². The third-order valence-electron chi connectivity index (χ3n) is 4.59. The van der Waals surface area contributed by atoms with Gasteiger partial charge < -0.3 is 0 Å². The highest BCUT2D eigenvalue weighted by Crippen LogP contribution is 2.57. The van der Waals surface area contributed by atoms with Crippen molar-refractivity contribution in [3.05, 3.63) is 69.7 Å². The molecular formula is C24H25Br. The number of fused-ring (bicyclic) bond motifs is 3. The Kier molecular flexibility index (Phi) is 1.72. The van der Waals surface area contributed by atoms with E-state index in [1.807, 2.05) is 0 Å². The van der Waals surface area contributed by atoms with Crippen LogP contribution in [0.5, 0.6) is 0 Å². The van der Waals surface area contributed by atoms with Gasteiger partial charge in [0, 0.05) is 25.0 Å². The zero-order valence-electron chi connectivity index (χ0n) is 28.2. The first-order valence-corrected chi connectivity index (χ1v) is 8.85. The molecule has 3 unspecified atom stereocenters. The first-order valence-electron chi connectivity index (χ1n) is 15.6. The molecule has 0 amide bonds. The molecule has 5 rings (SSSR count). The Morgan fingerprint density at radius 1 is 0.960 bits per heavy atom. The summed E-state index contributed by atoms with van der Waals surface area (Å²) in [6.07, 6.45) is -20.1. The van der Waals surface area contributed by atoms with Crippen LogP contribution in [-0.4, -0.2) is 0 Å². The van der Waals surface area contributed by atoms with Gasteiger partial charge in [0.2, 0.25) is 0 Å². The van der Waals surface area contributed by atoms with Crippen molar-refractivity contribution in [2.24, 2.45) is 11.8 Å². The summed E-state index contributed by atoms with van der Waals surface area (Å²) in [6.45, 7) is 0. The molecular weight excluding hydrogens is 368 g/mol. The predicted molar refractivity (Wildman–Crippen MR) is 110 cm³/mol. The van der Waals surface area contributed by atoms with Crippen LogP contribution < -0.4 is 0 Å². The van der Waals surface area contributed by atoms with Crippen LogP contribution in [0.1, 0.15) is 76.7 Å². The maximum atomic E-state index is 10.1. The van der Waals surface area contributed by atoms with Gasteiger partial charge in [-0.1, -0.05) is 76.4 Å². The van der Waals surface area contributed by atoms with Crippen LogP contribution in [0.3, 0.4) is 0 Å². The van der Waals surface area contributed by atoms with E-state index in [0.29, 0.717) is 5.39 Å². The second kappa shape index (κ2) is 6.43. The minimum atomic E-state index is -3.77. The number of allylic oxidation sites excluding steroid dienone is 4. The normalized spacial score (nSPS) is 58.9. The molecule has 1 fully saturated rings. The smallest absolute Gasteiger partial charge is 0.0365 e. The van der Waals surface area contributed by atoms with Crippen molar-refractivity contribution < 1.29 is 20.6 Å². The molecule has 0 spiro atoms. The van der Waals surface area contributed by atoms with E-state index in [1.54, 1.807) is 24.3 Å². The highest BCUT2D eigenvalue weighted by molar-refractivity contribution is 9.12. The SMILES string of the molecule is [2H]C1([2H])CC=C2C(Br)=C3C([2H])([2H])C([2H])([2H])C([2H])([2H])C([2H])([2H])C3([2H])C([2H])(c3cccc4ccccc34)C2([2H])C1([2H])[2H]. The lowest BCUT2D eigenvalue weighted by Gasteiger charge is -2.45. The topological polar surface area (TPSA) is 0 Å². The van der Waals surface area contributed by atoms with Gasteiger partial charge in [0.25, 0.3) is 0 Å². The molecule has 0 heterocycles. The Hall–Kier alpha value is -1.34. The van der Waals surface area contributed by atoms with Crippen LogP contribution in [0.4, 0.5) is 0 Å². The van der Waals surface area contributed by atoms with Crippen molar-refractivity contribution in [3.63, 3.8) is 0 Å². The summed E-state index contributed by atoms with van der Waals surface area (Å²) in [5.74, 6) is -9.92. The van der Waals surface area contributed by atoms with Gasteiger partial charge in [-0.2, -0.15) is 0 Å². The van der Waals surface area contributed by atoms with Crippen molar-refractivity contribution in [1.82, 2.24) is 0 Å². The van der Waals surface area contributed by atoms with Crippen molar-refractivity contribution in [2.45, 2.75) is 50.6 Å². The second-order valence-corrected chi connectivity index (χ2v) is 6.76. The van der Waals surface area contributed by atoms with E-state index in [9.17, 15) is 4.11 Å². The quantitative estimate of drug-likeness (QED) is 0.458. The van der Waals surface area contributed by atoms with Gasteiger partial charge in [0.15, 0.2) is 0 Å². The van der Waals surface area contributed by atoms with Crippen molar-refractivity contribution >= 4 is 26.7 Å². The van der Waals surface area contributed by atoms with Crippen LogP contribution in [0.15, 0.2) is 64.2 Å². The molecule has 3 aliphatic rings. The summed E-state index contributed by atoms with van der Waals surface area (Å²) in [5, 5.41) is 0.638. The minimum Gasteiger partial charge on any atom is -0.0799 e. The first kappa shape index (κ1) is 6.68. The van der Waals surface area contributed by atoms with Crippen LogP contribution in [0, 0.1) is 11.8 Å². The molecule has 3 atom stereocenters. The molecule has 0 radical (unpaired) electrons. The van der Waals surface area contributed by atoms with E-state index in [-0.39, 0.29) is 10.9 Å². The lowest BCUT2D eigenvalue weighted by molar-refractivity contribution is 0.290. The molecule has 0 aliphatic heterocycles.